The van der Waals surface area contributed by atoms with Gasteiger partial charge >= 0.3 is 5.97 Å². The third-order valence-electron chi connectivity index (χ3n) is 3.56. The number of ether oxygens (including phenoxy) is 1. The second-order valence-corrected chi connectivity index (χ2v) is 5.74. The van der Waals surface area contributed by atoms with Crippen molar-refractivity contribution in [2.24, 2.45) is 0 Å². The van der Waals surface area contributed by atoms with Crippen LogP contribution >= 0.6 is 0 Å². The molecular formula is C20H20N2O5. The summed E-state index contributed by atoms with van der Waals surface area (Å²) in [5.41, 5.74) is 1.65. The summed E-state index contributed by atoms with van der Waals surface area (Å²) in [6, 6.07) is 12.6. The maximum atomic E-state index is 12.2. The van der Waals surface area contributed by atoms with E-state index in [4.69, 9.17) is 4.74 Å². The van der Waals surface area contributed by atoms with Crippen LogP contribution < -0.4 is 10.6 Å². The smallest absolute Gasteiger partial charge is 0.338 e. The van der Waals surface area contributed by atoms with Crippen LogP contribution in [0.1, 0.15) is 41.0 Å². The molecule has 0 atom stereocenters. The molecule has 0 saturated carbocycles. The molecule has 2 aromatic rings. The molecule has 2 rings (SSSR count). The first-order valence-corrected chi connectivity index (χ1v) is 8.37. The normalized spacial score (nSPS) is 10.0. The highest BCUT2D eigenvalue weighted by Crippen LogP contribution is 2.13. The van der Waals surface area contributed by atoms with Crippen LogP contribution in [0.2, 0.25) is 0 Å². The van der Waals surface area contributed by atoms with Gasteiger partial charge in [0.1, 0.15) is 0 Å². The SMILES string of the molecule is CCC(=O)Nc1ccc(C(=O)COC(=O)c2cccc(NC(C)=O)c2)cc1. The first-order valence-electron chi connectivity index (χ1n) is 8.37. The number of nitrogens with one attached hydrogen (secondary N) is 2. The molecule has 0 aliphatic carbocycles. The summed E-state index contributed by atoms with van der Waals surface area (Å²) in [5.74, 6) is -1.41. The first kappa shape index (κ1) is 19.8. The highest BCUT2D eigenvalue weighted by atomic mass is 16.5. The number of ketones is 1. The lowest BCUT2D eigenvalue weighted by atomic mass is 10.1. The van der Waals surface area contributed by atoms with Crippen LogP contribution in [0.15, 0.2) is 48.5 Å². The van der Waals surface area contributed by atoms with Gasteiger partial charge in [-0.05, 0) is 42.5 Å². The second kappa shape index (κ2) is 9.28. The molecule has 0 spiro atoms. The Hall–Kier alpha value is -3.48. The van der Waals surface area contributed by atoms with Gasteiger partial charge in [0.15, 0.2) is 12.4 Å². The van der Waals surface area contributed by atoms with E-state index in [1.807, 2.05) is 0 Å². The van der Waals surface area contributed by atoms with Gasteiger partial charge < -0.3 is 15.4 Å². The fourth-order valence-corrected chi connectivity index (χ4v) is 2.21. The molecule has 0 aromatic heterocycles. The van der Waals surface area contributed by atoms with Gasteiger partial charge in [0.2, 0.25) is 11.8 Å². The molecule has 7 nitrogen and oxygen atoms in total. The van der Waals surface area contributed by atoms with Gasteiger partial charge in [-0.3, -0.25) is 14.4 Å². The molecule has 0 unspecified atom stereocenters. The number of rotatable bonds is 7. The van der Waals surface area contributed by atoms with E-state index in [0.29, 0.717) is 23.4 Å². The molecular weight excluding hydrogens is 348 g/mol. The second-order valence-electron chi connectivity index (χ2n) is 5.74. The molecule has 0 bridgehead atoms. The van der Waals surface area contributed by atoms with Crippen molar-refractivity contribution in [3.63, 3.8) is 0 Å². The molecule has 2 aromatic carbocycles. The van der Waals surface area contributed by atoms with Crippen LogP contribution in [0.5, 0.6) is 0 Å². The fourth-order valence-electron chi connectivity index (χ4n) is 2.21. The van der Waals surface area contributed by atoms with Gasteiger partial charge in [-0.25, -0.2) is 4.79 Å². The fraction of sp³-hybridized carbons (Fsp3) is 0.200. The van der Waals surface area contributed by atoms with Crippen LogP contribution in [-0.2, 0) is 14.3 Å². The zero-order valence-corrected chi connectivity index (χ0v) is 15.1. The topological polar surface area (TPSA) is 102 Å². The minimum Gasteiger partial charge on any atom is -0.454 e. The van der Waals surface area contributed by atoms with Gasteiger partial charge in [-0.2, -0.15) is 0 Å². The third-order valence-corrected chi connectivity index (χ3v) is 3.56. The lowest BCUT2D eigenvalue weighted by Gasteiger charge is -2.07. The highest BCUT2D eigenvalue weighted by molar-refractivity contribution is 6.00. The number of carbonyl (C=O) groups excluding carboxylic acids is 4. The van der Waals surface area contributed by atoms with Crippen LogP contribution in [0.3, 0.4) is 0 Å². The van der Waals surface area contributed by atoms with Crippen LogP contribution in [0, 0.1) is 0 Å². The number of anilines is 2. The monoisotopic (exact) mass is 368 g/mol. The molecule has 0 aliphatic rings. The average molecular weight is 368 g/mol. The molecule has 140 valence electrons. The van der Waals surface area contributed by atoms with Crippen molar-refractivity contribution in [2.45, 2.75) is 20.3 Å². The molecule has 0 radical (unpaired) electrons. The highest BCUT2D eigenvalue weighted by Gasteiger charge is 2.13. The van der Waals surface area contributed by atoms with E-state index in [-0.39, 0.29) is 23.2 Å². The predicted octanol–water partition coefficient (Wildman–Crippen LogP) is 3.03. The zero-order valence-electron chi connectivity index (χ0n) is 15.1. The summed E-state index contributed by atoms with van der Waals surface area (Å²) < 4.78 is 5.05. The number of benzene rings is 2. The van der Waals surface area contributed by atoms with Crippen molar-refractivity contribution in [1.29, 1.82) is 0 Å². The number of amides is 2. The summed E-state index contributed by atoms with van der Waals surface area (Å²) in [5, 5.41) is 5.25. The number of hydrogen-bond acceptors (Lipinski definition) is 5. The quantitative estimate of drug-likeness (QED) is 0.578. The minimum absolute atomic E-state index is 0.121. The van der Waals surface area contributed by atoms with Crippen LogP contribution in [0.25, 0.3) is 0 Å². The Kier molecular flexibility index (Phi) is 6.82. The van der Waals surface area contributed by atoms with Crippen LogP contribution in [0.4, 0.5) is 11.4 Å². The van der Waals surface area contributed by atoms with Crippen molar-refractivity contribution in [2.75, 3.05) is 17.2 Å². The lowest BCUT2D eigenvalue weighted by molar-refractivity contribution is -0.116. The maximum absolute atomic E-state index is 12.2. The largest absolute Gasteiger partial charge is 0.454 e. The van der Waals surface area contributed by atoms with Gasteiger partial charge in [-0.1, -0.05) is 13.0 Å². The maximum Gasteiger partial charge on any atom is 0.338 e. The number of hydrogen-bond donors (Lipinski definition) is 2. The van der Waals surface area contributed by atoms with Gasteiger partial charge in [0.25, 0.3) is 0 Å². The Morgan fingerprint density at radius 2 is 1.59 bits per heavy atom. The van der Waals surface area contributed by atoms with E-state index < -0.39 is 12.6 Å². The summed E-state index contributed by atoms with van der Waals surface area (Å²) in [4.78, 5) is 46.7. The minimum atomic E-state index is -0.664. The number of esters is 1. The molecule has 0 aliphatic heterocycles. The van der Waals surface area contributed by atoms with Crippen molar-refractivity contribution in [3.8, 4) is 0 Å². The van der Waals surface area contributed by atoms with E-state index >= 15 is 0 Å². The average Bonchev–Trinajstić information content (AvgIpc) is 2.66. The Bertz CT molecular complexity index is 859. The molecule has 2 amide bonds. The van der Waals surface area contributed by atoms with Crippen molar-refractivity contribution in [3.05, 3.63) is 59.7 Å². The predicted molar refractivity (Wildman–Crippen MR) is 101 cm³/mol. The molecule has 0 saturated heterocycles. The van der Waals surface area contributed by atoms with Crippen LogP contribution in [-0.4, -0.2) is 30.2 Å². The van der Waals surface area contributed by atoms with Crippen molar-refractivity contribution >= 4 is 34.9 Å². The number of Topliss-reactive ketones (excluding diaryl/α,β-unsaturated/α-hetero) is 1. The molecule has 0 heterocycles. The number of carbonyl (C=O) groups is 4. The Morgan fingerprint density at radius 1 is 0.889 bits per heavy atom. The third kappa shape index (κ3) is 6.07. The summed E-state index contributed by atoms with van der Waals surface area (Å²) in [6.07, 6.45) is 0.361. The van der Waals surface area contributed by atoms with E-state index in [1.54, 1.807) is 43.3 Å². The molecule has 0 fully saturated rings. The van der Waals surface area contributed by atoms with Crippen molar-refractivity contribution in [1.82, 2.24) is 0 Å². The summed E-state index contributed by atoms with van der Waals surface area (Å²) >= 11 is 0. The zero-order chi connectivity index (χ0) is 19.8. The van der Waals surface area contributed by atoms with Crippen molar-refractivity contribution < 1.29 is 23.9 Å². The Balaban J connectivity index is 1.94. The molecule has 27 heavy (non-hydrogen) atoms. The van der Waals surface area contributed by atoms with E-state index in [0.717, 1.165) is 0 Å². The standard InChI is InChI=1S/C20H20N2O5/c1-3-19(25)22-16-9-7-14(8-10-16)18(24)12-27-20(26)15-5-4-6-17(11-15)21-13(2)23/h4-11H,3,12H2,1-2H3,(H,21,23)(H,22,25). The summed E-state index contributed by atoms with van der Waals surface area (Å²) in [6.45, 7) is 2.69. The summed E-state index contributed by atoms with van der Waals surface area (Å²) in [7, 11) is 0. The van der Waals surface area contributed by atoms with E-state index in [9.17, 15) is 19.2 Å². The van der Waals surface area contributed by atoms with E-state index in [2.05, 4.69) is 10.6 Å². The molecule has 7 heteroatoms. The Morgan fingerprint density at radius 3 is 2.22 bits per heavy atom. The van der Waals surface area contributed by atoms with Gasteiger partial charge in [-0.15, -0.1) is 0 Å². The first-order chi connectivity index (χ1) is 12.9. The van der Waals surface area contributed by atoms with Gasteiger partial charge in [0.05, 0.1) is 5.56 Å². The molecule has 2 N–H and O–H groups in total. The van der Waals surface area contributed by atoms with Gasteiger partial charge in [0, 0.05) is 30.3 Å². The lowest BCUT2D eigenvalue weighted by Crippen LogP contribution is -2.15. The Labute approximate surface area is 156 Å². The van der Waals surface area contributed by atoms with E-state index in [1.165, 1.54) is 19.1 Å².